The number of anilines is 1. The maximum atomic E-state index is 12.0. The number of hydrogen-bond acceptors (Lipinski definition) is 5. The summed E-state index contributed by atoms with van der Waals surface area (Å²) in [6, 6.07) is 14.3. The molecule has 7 heteroatoms. The van der Waals surface area contributed by atoms with Gasteiger partial charge in [-0.3, -0.25) is 10.2 Å². The highest BCUT2D eigenvalue weighted by atomic mass is 32.2. The van der Waals surface area contributed by atoms with Gasteiger partial charge in [0.2, 0.25) is 6.79 Å². The second-order valence-corrected chi connectivity index (χ2v) is 5.76. The third-order valence-electron chi connectivity index (χ3n) is 3.22. The monoisotopic (exact) mass is 359 g/mol. The average molecular weight is 359 g/mol. The van der Waals surface area contributed by atoms with Crippen LogP contribution in [0.4, 0.5) is 5.69 Å². The summed E-state index contributed by atoms with van der Waals surface area (Å²) in [5, 5.41) is 13.7. The van der Waals surface area contributed by atoms with Crippen molar-refractivity contribution in [2.24, 2.45) is 0 Å². The fourth-order valence-electron chi connectivity index (χ4n) is 2.00. The molecule has 0 fully saturated rings. The number of carbonyl (C=O) groups is 1. The molecule has 0 radical (unpaired) electrons. The topological polar surface area (TPSA) is 83.4 Å². The molecule has 2 aromatic carbocycles. The lowest BCUT2D eigenvalue weighted by Gasteiger charge is -2.15. The first-order chi connectivity index (χ1) is 12.1. The van der Waals surface area contributed by atoms with Crippen LogP contribution in [0, 0.1) is 5.41 Å². The summed E-state index contributed by atoms with van der Waals surface area (Å²) >= 11 is 1.27. The van der Waals surface area contributed by atoms with Gasteiger partial charge in [0.1, 0.15) is 11.5 Å². The molecule has 2 aromatic rings. The molecule has 132 valence electrons. The van der Waals surface area contributed by atoms with Crippen molar-refractivity contribution in [1.82, 2.24) is 5.32 Å². The number of amides is 1. The first kappa shape index (κ1) is 18.7. The van der Waals surface area contributed by atoms with Crippen molar-refractivity contribution in [2.75, 3.05) is 24.9 Å². The van der Waals surface area contributed by atoms with Crippen LogP contribution < -0.4 is 20.1 Å². The highest BCUT2D eigenvalue weighted by Gasteiger charge is 2.11. The lowest BCUT2D eigenvalue weighted by Crippen LogP contribution is -2.22. The summed E-state index contributed by atoms with van der Waals surface area (Å²) < 4.78 is 11.2. The van der Waals surface area contributed by atoms with E-state index in [2.05, 4.69) is 10.6 Å². The zero-order valence-corrected chi connectivity index (χ0v) is 15.0. The van der Waals surface area contributed by atoms with Gasteiger partial charge in [0.15, 0.2) is 5.17 Å². The fourth-order valence-corrected chi connectivity index (χ4v) is 2.21. The Morgan fingerprint density at radius 3 is 2.60 bits per heavy atom. The van der Waals surface area contributed by atoms with Gasteiger partial charge < -0.3 is 20.1 Å². The maximum absolute atomic E-state index is 12.0. The van der Waals surface area contributed by atoms with E-state index in [4.69, 9.17) is 14.9 Å². The summed E-state index contributed by atoms with van der Waals surface area (Å²) in [7, 11) is 0. The standard InChI is InChI=1S/C18H21N3O3S/c1-3-20-17(22)13-9-10-15(21-18(19)25-2)16(11-13)24-12-23-14-7-5-4-6-8-14/h4-11H,3,12H2,1-2H3,(H2,19,21)(H,20,22). The third kappa shape index (κ3) is 5.72. The molecular weight excluding hydrogens is 338 g/mol. The lowest BCUT2D eigenvalue weighted by molar-refractivity contribution is 0.0953. The Hall–Kier alpha value is -2.67. The molecule has 0 unspecified atom stereocenters. The average Bonchev–Trinajstić information content (AvgIpc) is 2.64. The fraction of sp³-hybridized carbons (Fsp3) is 0.222. The minimum absolute atomic E-state index is 0.00978. The van der Waals surface area contributed by atoms with Crippen LogP contribution >= 0.6 is 11.8 Å². The van der Waals surface area contributed by atoms with Crippen molar-refractivity contribution in [3.8, 4) is 11.5 Å². The molecule has 0 aliphatic heterocycles. The van der Waals surface area contributed by atoms with Gasteiger partial charge in [-0.05, 0) is 43.5 Å². The Labute approximate surface area is 151 Å². The molecule has 0 saturated heterocycles. The zero-order valence-electron chi connectivity index (χ0n) is 14.2. The van der Waals surface area contributed by atoms with E-state index in [-0.39, 0.29) is 17.9 Å². The van der Waals surface area contributed by atoms with Crippen molar-refractivity contribution < 1.29 is 14.3 Å². The highest BCUT2D eigenvalue weighted by molar-refractivity contribution is 8.13. The second-order valence-electron chi connectivity index (χ2n) is 4.95. The van der Waals surface area contributed by atoms with E-state index < -0.39 is 0 Å². The van der Waals surface area contributed by atoms with Crippen molar-refractivity contribution in [2.45, 2.75) is 6.92 Å². The normalized spacial score (nSPS) is 10.0. The van der Waals surface area contributed by atoms with Crippen LogP contribution in [-0.4, -0.2) is 30.7 Å². The number of rotatable bonds is 7. The minimum Gasteiger partial charge on any atom is -0.458 e. The number of carbonyl (C=O) groups excluding carboxylic acids is 1. The van der Waals surface area contributed by atoms with Gasteiger partial charge in [-0.1, -0.05) is 30.0 Å². The van der Waals surface area contributed by atoms with E-state index in [1.54, 1.807) is 24.5 Å². The van der Waals surface area contributed by atoms with Gasteiger partial charge in [0, 0.05) is 12.1 Å². The number of thioether (sulfide) groups is 1. The van der Waals surface area contributed by atoms with Crippen molar-refractivity contribution >= 4 is 28.5 Å². The lowest BCUT2D eigenvalue weighted by atomic mass is 10.1. The van der Waals surface area contributed by atoms with Crippen LogP contribution in [0.15, 0.2) is 48.5 Å². The Bertz CT molecular complexity index is 723. The summed E-state index contributed by atoms with van der Waals surface area (Å²) in [5.41, 5.74) is 1.09. The van der Waals surface area contributed by atoms with Crippen LogP contribution in [0.25, 0.3) is 0 Å². The summed E-state index contributed by atoms with van der Waals surface area (Å²) in [5.74, 6) is 0.954. The molecule has 6 nitrogen and oxygen atoms in total. The van der Waals surface area contributed by atoms with Gasteiger partial charge in [0.05, 0.1) is 5.69 Å². The first-order valence-electron chi connectivity index (χ1n) is 7.76. The molecule has 0 heterocycles. The van der Waals surface area contributed by atoms with Gasteiger partial charge in [-0.2, -0.15) is 0 Å². The molecule has 0 aliphatic rings. The highest BCUT2D eigenvalue weighted by Crippen LogP contribution is 2.27. The predicted molar refractivity (Wildman–Crippen MR) is 102 cm³/mol. The van der Waals surface area contributed by atoms with Gasteiger partial charge in [-0.25, -0.2) is 0 Å². The Morgan fingerprint density at radius 2 is 1.92 bits per heavy atom. The summed E-state index contributed by atoms with van der Waals surface area (Å²) in [6.45, 7) is 2.39. The number of hydrogen-bond donors (Lipinski definition) is 3. The second kappa shape index (κ2) is 9.58. The molecular formula is C18H21N3O3S. The molecule has 3 N–H and O–H groups in total. The Kier molecular flexibility index (Phi) is 7.16. The zero-order chi connectivity index (χ0) is 18.1. The van der Waals surface area contributed by atoms with Crippen LogP contribution in [-0.2, 0) is 0 Å². The molecule has 1 amide bonds. The van der Waals surface area contributed by atoms with Crippen molar-refractivity contribution in [1.29, 1.82) is 5.41 Å². The maximum Gasteiger partial charge on any atom is 0.251 e. The van der Waals surface area contributed by atoms with Crippen LogP contribution in [0.1, 0.15) is 17.3 Å². The summed E-state index contributed by atoms with van der Waals surface area (Å²) in [6.07, 6.45) is 1.80. The van der Waals surface area contributed by atoms with Crippen molar-refractivity contribution in [3.05, 3.63) is 54.1 Å². The number of nitrogens with one attached hydrogen (secondary N) is 3. The van der Waals surface area contributed by atoms with E-state index in [1.165, 1.54) is 11.8 Å². The number of benzene rings is 2. The van der Waals surface area contributed by atoms with Crippen LogP contribution in [0.2, 0.25) is 0 Å². The van der Waals surface area contributed by atoms with Gasteiger partial charge in [-0.15, -0.1) is 0 Å². The van der Waals surface area contributed by atoms with E-state index in [0.29, 0.717) is 29.3 Å². The molecule has 2 rings (SSSR count). The van der Waals surface area contributed by atoms with E-state index in [9.17, 15) is 4.79 Å². The minimum atomic E-state index is -0.178. The molecule has 0 atom stereocenters. The Morgan fingerprint density at radius 1 is 1.16 bits per heavy atom. The quantitative estimate of drug-likeness (QED) is 0.400. The smallest absolute Gasteiger partial charge is 0.251 e. The molecule has 0 saturated carbocycles. The number of para-hydroxylation sites is 1. The van der Waals surface area contributed by atoms with Gasteiger partial charge >= 0.3 is 0 Å². The molecule has 0 aliphatic carbocycles. The van der Waals surface area contributed by atoms with E-state index >= 15 is 0 Å². The van der Waals surface area contributed by atoms with Gasteiger partial charge in [0.25, 0.3) is 5.91 Å². The number of amidine groups is 1. The van der Waals surface area contributed by atoms with Crippen LogP contribution in [0.5, 0.6) is 11.5 Å². The molecule has 0 aromatic heterocycles. The van der Waals surface area contributed by atoms with Crippen LogP contribution in [0.3, 0.4) is 0 Å². The summed E-state index contributed by atoms with van der Waals surface area (Å²) in [4.78, 5) is 12.0. The first-order valence-corrected chi connectivity index (χ1v) is 8.99. The van der Waals surface area contributed by atoms with Crippen molar-refractivity contribution in [3.63, 3.8) is 0 Å². The SMILES string of the molecule is CCNC(=O)c1ccc(NC(=N)SC)c(OCOc2ccccc2)c1. The number of ether oxygens (including phenoxy) is 2. The largest absolute Gasteiger partial charge is 0.458 e. The van der Waals surface area contributed by atoms with E-state index in [0.717, 1.165) is 0 Å². The molecule has 0 spiro atoms. The third-order valence-corrected chi connectivity index (χ3v) is 3.73. The van der Waals surface area contributed by atoms with E-state index in [1.807, 2.05) is 37.3 Å². The molecule has 0 bridgehead atoms. The predicted octanol–water partition coefficient (Wildman–Crippen LogP) is 3.56. The molecule has 25 heavy (non-hydrogen) atoms. The Balaban J connectivity index is 2.13.